The maximum Gasteiger partial charge on any atom is 0.127 e. The van der Waals surface area contributed by atoms with Crippen LogP contribution in [0.15, 0.2) is 133 Å². The molecule has 252 valence electrons. The monoisotopic (exact) mass is 646 g/mol. The van der Waals surface area contributed by atoms with Gasteiger partial charge in [0.25, 0.3) is 0 Å². The first kappa shape index (κ1) is 36.9. The molecule has 0 saturated heterocycles. The molecule has 0 aliphatic rings. The zero-order valence-electron chi connectivity index (χ0n) is 31.3. The summed E-state index contributed by atoms with van der Waals surface area (Å²) in [5, 5.41) is 0. The van der Waals surface area contributed by atoms with Crippen LogP contribution in [0.1, 0.15) is 75.9 Å². The minimum atomic E-state index is 0.112. The number of hydrogen-bond donors (Lipinski definition) is 0. The largest absolute Gasteiger partial charge is 0.457 e. The molecule has 0 spiro atoms. The average Bonchev–Trinajstić information content (AvgIpc) is 3.10. The Morgan fingerprint density at radius 3 is 0.980 bits per heavy atom. The van der Waals surface area contributed by atoms with Gasteiger partial charge in [0, 0.05) is 5.41 Å². The van der Waals surface area contributed by atoms with Crippen LogP contribution in [-0.2, 0) is 5.41 Å². The SMILES string of the molecule is CCC(C)(c1ccc(C)cc1)c1ccc(C)cc1.Cc1ccc(-c2ccc(C)cc2)cc1.Cc1ccc(Oc2ccc(C)c(C)c2)cc1C. The Morgan fingerprint density at radius 1 is 0.388 bits per heavy atom. The number of aryl methyl sites for hydroxylation is 8. The summed E-state index contributed by atoms with van der Waals surface area (Å²) in [6, 6.07) is 47.5. The van der Waals surface area contributed by atoms with Gasteiger partial charge in [0.1, 0.15) is 11.5 Å². The zero-order chi connectivity index (χ0) is 35.6. The van der Waals surface area contributed by atoms with Gasteiger partial charge in [-0.1, -0.05) is 145 Å². The molecular formula is C48H54O. The summed E-state index contributed by atoms with van der Waals surface area (Å²) in [5.41, 5.74) is 15.8. The Balaban J connectivity index is 0.000000167. The molecule has 0 saturated carbocycles. The van der Waals surface area contributed by atoms with Gasteiger partial charge in [0.05, 0.1) is 0 Å². The van der Waals surface area contributed by atoms with Crippen LogP contribution in [0.25, 0.3) is 11.1 Å². The second-order valence-corrected chi connectivity index (χ2v) is 13.7. The summed E-state index contributed by atoms with van der Waals surface area (Å²) in [6.07, 6.45) is 1.11. The van der Waals surface area contributed by atoms with Crippen molar-refractivity contribution >= 4 is 0 Å². The fourth-order valence-corrected chi connectivity index (χ4v) is 5.60. The molecule has 0 heterocycles. The van der Waals surface area contributed by atoms with Crippen LogP contribution in [0.3, 0.4) is 0 Å². The van der Waals surface area contributed by atoms with Crippen LogP contribution < -0.4 is 4.74 Å². The number of ether oxygens (including phenoxy) is 1. The molecule has 0 aromatic heterocycles. The number of rotatable bonds is 6. The molecule has 0 amide bonds. The van der Waals surface area contributed by atoms with Gasteiger partial charge in [-0.15, -0.1) is 0 Å². The van der Waals surface area contributed by atoms with E-state index in [4.69, 9.17) is 4.74 Å². The van der Waals surface area contributed by atoms with Crippen LogP contribution in [0.4, 0.5) is 0 Å². The average molecular weight is 647 g/mol. The Labute approximate surface area is 296 Å². The Hall–Kier alpha value is -4.88. The van der Waals surface area contributed by atoms with Gasteiger partial charge in [-0.05, 0) is 131 Å². The first-order valence-electron chi connectivity index (χ1n) is 17.5. The van der Waals surface area contributed by atoms with Crippen LogP contribution in [0.5, 0.6) is 11.5 Å². The van der Waals surface area contributed by atoms with Crippen molar-refractivity contribution in [3.05, 3.63) is 189 Å². The van der Waals surface area contributed by atoms with E-state index in [0.29, 0.717) is 0 Å². The van der Waals surface area contributed by atoms with E-state index in [0.717, 1.165) is 17.9 Å². The predicted octanol–water partition coefficient (Wildman–Crippen LogP) is 13.7. The fourth-order valence-electron chi connectivity index (χ4n) is 5.60. The maximum atomic E-state index is 5.85. The predicted molar refractivity (Wildman–Crippen MR) is 212 cm³/mol. The molecular weight excluding hydrogens is 593 g/mol. The third-order valence-corrected chi connectivity index (χ3v) is 9.71. The van der Waals surface area contributed by atoms with Gasteiger partial charge < -0.3 is 4.74 Å². The van der Waals surface area contributed by atoms with Crippen molar-refractivity contribution in [1.29, 1.82) is 0 Å². The molecule has 0 N–H and O–H groups in total. The van der Waals surface area contributed by atoms with E-state index in [2.05, 4.69) is 191 Å². The number of benzene rings is 6. The first-order valence-corrected chi connectivity index (χ1v) is 17.5. The first-order chi connectivity index (χ1) is 23.4. The fraction of sp³-hybridized carbons (Fsp3) is 0.250. The quantitative estimate of drug-likeness (QED) is 0.175. The molecule has 0 bridgehead atoms. The smallest absolute Gasteiger partial charge is 0.127 e. The summed E-state index contributed by atoms with van der Waals surface area (Å²) in [7, 11) is 0. The van der Waals surface area contributed by atoms with Crippen molar-refractivity contribution in [3.63, 3.8) is 0 Å². The minimum absolute atomic E-state index is 0.112. The third-order valence-electron chi connectivity index (χ3n) is 9.71. The molecule has 1 nitrogen and oxygen atoms in total. The van der Waals surface area contributed by atoms with Gasteiger partial charge in [0.15, 0.2) is 0 Å². The highest BCUT2D eigenvalue weighted by molar-refractivity contribution is 5.63. The van der Waals surface area contributed by atoms with Crippen molar-refractivity contribution in [3.8, 4) is 22.6 Å². The number of hydrogen-bond acceptors (Lipinski definition) is 1. The standard InChI is InChI=1S/C18H22.C16H18O.C14H14/c1-5-18(4,16-10-6-14(2)7-11-16)17-12-8-15(3)9-13-17;1-11-5-7-15(9-13(11)3)17-16-8-6-12(2)14(4)10-16;1-11-3-7-13(8-4-11)14-9-5-12(2)6-10-14/h6-13H,5H2,1-4H3;5-10H,1-4H3;3-10H,1-2H3. The highest BCUT2D eigenvalue weighted by Crippen LogP contribution is 2.35. The molecule has 49 heavy (non-hydrogen) atoms. The summed E-state index contributed by atoms with van der Waals surface area (Å²) < 4.78 is 5.85. The molecule has 0 fully saturated rings. The summed E-state index contributed by atoms with van der Waals surface area (Å²) in [6.45, 7) is 21.5. The van der Waals surface area contributed by atoms with E-state index >= 15 is 0 Å². The highest BCUT2D eigenvalue weighted by atomic mass is 16.5. The lowest BCUT2D eigenvalue weighted by atomic mass is 9.74. The molecule has 6 aromatic carbocycles. The Kier molecular flexibility index (Phi) is 12.8. The van der Waals surface area contributed by atoms with E-state index in [1.165, 1.54) is 66.8 Å². The lowest BCUT2D eigenvalue weighted by Gasteiger charge is -2.30. The van der Waals surface area contributed by atoms with Gasteiger partial charge in [-0.3, -0.25) is 0 Å². The molecule has 0 aliphatic heterocycles. The van der Waals surface area contributed by atoms with Gasteiger partial charge >= 0.3 is 0 Å². The van der Waals surface area contributed by atoms with E-state index < -0.39 is 0 Å². The van der Waals surface area contributed by atoms with Gasteiger partial charge in [-0.25, -0.2) is 0 Å². The molecule has 6 aromatic rings. The molecule has 0 atom stereocenters. The highest BCUT2D eigenvalue weighted by Gasteiger charge is 2.26. The lowest BCUT2D eigenvalue weighted by Crippen LogP contribution is -2.22. The van der Waals surface area contributed by atoms with Crippen LogP contribution >= 0.6 is 0 Å². The summed E-state index contributed by atoms with van der Waals surface area (Å²) in [4.78, 5) is 0. The molecule has 0 unspecified atom stereocenters. The topological polar surface area (TPSA) is 9.23 Å². The zero-order valence-corrected chi connectivity index (χ0v) is 31.3. The van der Waals surface area contributed by atoms with Crippen molar-refractivity contribution in [2.24, 2.45) is 0 Å². The third kappa shape index (κ3) is 10.3. The molecule has 0 radical (unpaired) electrons. The summed E-state index contributed by atoms with van der Waals surface area (Å²) in [5.74, 6) is 1.80. The molecule has 0 aliphatic carbocycles. The maximum absolute atomic E-state index is 5.85. The van der Waals surface area contributed by atoms with E-state index in [1.807, 2.05) is 12.1 Å². The van der Waals surface area contributed by atoms with Crippen LogP contribution in [0.2, 0.25) is 0 Å². The van der Waals surface area contributed by atoms with Crippen LogP contribution in [0, 0.1) is 55.4 Å². The minimum Gasteiger partial charge on any atom is -0.457 e. The van der Waals surface area contributed by atoms with E-state index in [1.54, 1.807) is 0 Å². The normalized spacial score (nSPS) is 10.7. The van der Waals surface area contributed by atoms with Gasteiger partial charge in [-0.2, -0.15) is 0 Å². The second kappa shape index (κ2) is 17.0. The molecule has 6 rings (SSSR count). The summed E-state index contributed by atoms with van der Waals surface area (Å²) >= 11 is 0. The Morgan fingerprint density at radius 2 is 0.694 bits per heavy atom. The lowest BCUT2D eigenvalue weighted by molar-refractivity contribution is 0.481. The van der Waals surface area contributed by atoms with Crippen molar-refractivity contribution < 1.29 is 4.74 Å². The van der Waals surface area contributed by atoms with Gasteiger partial charge in [0.2, 0.25) is 0 Å². The van der Waals surface area contributed by atoms with Crippen molar-refractivity contribution in [1.82, 2.24) is 0 Å². The van der Waals surface area contributed by atoms with Crippen molar-refractivity contribution in [2.45, 2.75) is 81.1 Å². The van der Waals surface area contributed by atoms with E-state index in [-0.39, 0.29) is 5.41 Å². The second-order valence-electron chi connectivity index (χ2n) is 13.7. The van der Waals surface area contributed by atoms with Crippen molar-refractivity contribution in [2.75, 3.05) is 0 Å². The van der Waals surface area contributed by atoms with Crippen LogP contribution in [-0.4, -0.2) is 0 Å². The van der Waals surface area contributed by atoms with E-state index in [9.17, 15) is 0 Å². The molecule has 1 heteroatoms. The Bertz CT molecular complexity index is 1770.